The molecule has 0 amide bonds. The van der Waals surface area contributed by atoms with Crippen LogP contribution in [0.5, 0.6) is 23.0 Å². The van der Waals surface area contributed by atoms with Crippen molar-refractivity contribution in [3.63, 3.8) is 0 Å². The first kappa shape index (κ1) is 15.2. The van der Waals surface area contributed by atoms with Crippen LogP contribution >= 0.6 is 0 Å². The highest BCUT2D eigenvalue weighted by molar-refractivity contribution is 5.45. The lowest BCUT2D eigenvalue weighted by Crippen LogP contribution is -2.13. The number of hydrogen-bond donors (Lipinski definition) is 0. The van der Waals surface area contributed by atoms with Crippen molar-refractivity contribution in [2.24, 2.45) is 11.8 Å². The molecule has 4 nitrogen and oxygen atoms in total. The van der Waals surface area contributed by atoms with Crippen LogP contribution in [-0.2, 0) is 12.8 Å². The highest BCUT2D eigenvalue weighted by Crippen LogP contribution is 2.35. The van der Waals surface area contributed by atoms with Crippen LogP contribution in [0.3, 0.4) is 0 Å². The lowest BCUT2D eigenvalue weighted by atomic mass is 9.85. The van der Waals surface area contributed by atoms with Crippen LogP contribution in [0.1, 0.15) is 25.0 Å². The third-order valence-electron chi connectivity index (χ3n) is 4.96. The van der Waals surface area contributed by atoms with E-state index < -0.39 is 0 Å². The number of fused-ring (bicyclic) bond motifs is 2. The highest BCUT2D eigenvalue weighted by atomic mass is 16.7. The molecule has 0 fully saturated rings. The molecule has 4 heteroatoms. The molecule has 0 saturated heterocycles. The van der Waals surface area contributed by atoms with E-state index in [0.717, 1.165) is 35.8 Å². The molecule has 126 valence electrons. The molecule has 0 aliphatic carbocycles. The second-order valence-electron chi connectivity index (χ2n) is 6.74. The number of benzene rings is 2. The zero-order valence-corrected chi connectivity index (χ0v) is 14.1. The van der Waals surface area contributed by atoms with Crippen LogP contribution in [0.2, 0.25) is 0 Å². The van der Waals surface area contributed by atoms with E-state index in [4.69, 9.17) is 18.9 Å². The smallest absolute Gasteiger partial charge is 0.231 e. The number of rotatable bonds is 5. The van der Waals surface area contributed by atoms with Crippen molar-refractivity contribution >= 4 is 0 Å². The van der Waals surface area contributed by atoms with Gasteiger partial charge in [-0.3, -0.25) is 0 Å². The minimum absolute atomic E-state index is 0.328. The van der Waals surface area contributed by atoms with Gasteiger partial charge in [0.2, 0.25) is 13.6 Å². The lowest BCUT2D eigenvalue weighted by molar-refractivity contribution is 0.173. The zero-order valence-electron chi connectivity index (χ0n) is 14.1. The average Bonchev–Trinajstić information content (AvgIpc) is 3.22. The Morgan fingerprint density at radius 1 is 0.667 bits per heavy atom. The van der Waals surface area contributed by atoms with Crippen molar-refractivity contribution in [2.45, 2.75) is 26.7 Å². The van der Waals surface area contributed by atoms with E-state index in [9.17, 15) is 0 Å². The summed E-state index contributed by atoms with van der Waals surface area (Å²) in [5.74, 6) is 4.55. The van der Waals surface area contributed by atoms with Gasteiger partial charge in [0.05, 0.1) is 0 Å². The van der Waals surface area contributed by atoms with Crippen LogP contribution in [0.15, 0.2) is 36.4 Å². The van der Waals surface area contributed by atoms with Crippen molar-refractivity contribution in [1.29, 1.82) is 0 Å². The average molecular weight is 326 g/mol. The van der Waals surface area contributed by atoms with Crippen LogP contribution in [0.25, 0.3) is 0 Å². The Morgan fingerprint density at radius 3 is 1.54 bits per heavy atom. The van der Waals surface area contributed by atoms with Gasteiger partial charge >= 0.3 is 0 Å². The molecule has 0 aromatic heterocycles. The van der Waals surface area contributed by atoms with Crippen LogP contribution < -0.4 is 18.9 Å². The quantitative estimate of drug-likeness (QED) is 0.825. The summed E-state index contributed by atoms with van der Waals surface area (Å²) in [6.45, 7) is 5.27. The van der Waals surface area contributed by atoms with Gasteiger partial charge in [0.15, 0.2) is 23.0 Å². The topological polar surface area (TPSA) is 36.9 Å². The maximum Gasteiger partial charge on any atom is 0.231 e. The fourth-order valence-corrected chi connectivity index (χ4v) is 3.28. The third-order valence-corrected chi connectivity index (χ3v) is 4.96. The van der Waals surface area contributed by atoms with E-state index >= 15 is 0 Å². The van der Waals surface area contributed by atoms with Crippen molar-refractivity contribution in [2.75, 3.05) is 13.6 Å². The Hall–Kier alpha value is -2.36. The van der Waals surface area contributed by atoms with Gasteiger partial charge in [0.25, 0.3) is 0 Å². The van der Waals surface area contributed by atoms with Gasteiger partial charge in [0.1, 0.15) is 0 Å². The molecule has 0 unspecified atom stereocenters. The second-order valence-corrected chi connectivity index (χ2v) is 6.74. The van der Waals surface area contributed by atoms with Gasteiger partial charge in [-0.25, -0.2) is 0 Å². The Balaban J connectivity index is 1.40. The van der Waals surface area contributed by atoms with Crippen molar-refractivity contribution in [1.82, 2.24) is 0 Å². The van der Waals surface area contributed by atoms with E-state index in [1.807, 2.05) is 12.1 Å². The SMILES string of the molecule is C[C@@H](Cc1ccc2c(c1)OCO2)[C@@H](C)Cc1ccc2c(c1)OCO2. The summed E-state index contributed by atoms with van der Waals surface area (Å²) in [7, 11) is 0. The summed E-state index contributed by atoms with van der Waals surface area (Å²) in [5.41, 5.74) is 2.59. The molecule has 0 spiro atoms. The maximum absolute atomic E-state index is 5.47. The first-order valence-electron chi connectivity index (χ1n) is 8.46. The minimum Gasteiger partial charge on any atom is -0.454 e. The van der Waals surface area contributed by atoms with Gasteiger partial charge in [-0.05, 0) is 60.1 Å². The highest BCUT2D eigenvalue weighted by Gasteiger charge is 2.19. The third kappa shape index (κ3) is 3.01. The van der Waals surface area contributed by atoms with E-state index in [-0.39, 0.29) is 0 Å². The molecule has 0 bridgehead atoms. The van der Waals surface area contributed by atoms with E-state index in [1.54, 1.807) is 0 Å². The molecular formula is C20H22O4. The fourth-order valence-electron chi connectivity index (χ4n) is 3.28. The minimum atomic E-state index is 0.328. The molecule has 0 saturated carbocycles. The predicted octanol–water partition coefficient (Wildman–Crippen LogP) is 4.20. The Kier molecular flexibility index (Phi) is 3.97. The van der Waals surface area contributed by atoms with E-state index in [1.165, 1.54) is 11.1 Å². The molecule has 0 N–H and O–H groups in total. The number of ether oxygens (including phenoxy) is 4. The summed E-state index contributed by atoms with van der Waals surface area (Å²) in [6, 6.07) is 12.5. The van der Waals surface area contributed by atoms with E-state index in [0.29, 0.717) is 25.4 Å². The van der Waals surface area contributed by atoms with Gasteiger partial charge in [-0.1, -0.05) is 26.0 Å². The standard InChI is InChI=1S/C20H22O4/c1-13(7-15-3-5-17-19(9-15)23-11-21-17)14(2)8-16-4-6-18-20(10-16)24-12-22-18/h3-6,9-10,13-14H,7-8,11-12H2,1-2H3/t13-,14-/m0/s1. The molecule has 2 aromatic carbocycles. The molecule has 2 heterocycles. The summed E-state index contributed by atoms with van der Waals surface area (Å²) >= 11 is 0. The van der Waals surface area contributed by atoms with Crippen molar-refractivity contribution in [3.8, 4) is 23.0 Å². The Bertz CT molecular complexity index is 677. The molecular weight excluding hydrogens is 304 g/mol. The Morgan fingerprint density at radius 2 is 1.08 bits per heavy atom. The Labute approximate surface area is 142 Å². The molecule has 24 heavy (non-hydrogen) atoms. The largest absolute Gasteiger partial charge is 0.454 e. The zero-order chi connectivity index (χ0) is 16.5. The molecule has 2 aliphatic rings. The lowest BCUT2D eigenvalue weighted by Gasteiger charge is -2.20. The van der Waals surface area contributed by atoms with Gasteiger partial charge in [0, 0.05) is 0 Å². The second kappa shape index (κ2) is 6.27. The van der Waals surface area contributed by atoms with Gasteiger partial charge in [-0.2, -0.15) is 0 Å². The molecule has 2 atom stereocenters. The van der Waals surface area contributed by atoms with Crippen LogP contribution in [-0.4, -0.2) is 13.6 Å². The molecule has 4 rings (SSSR count). The number of hydrogen-bond acceptors (Lipinski definition) is 4. The molecule has 2 aromatic rings. The normalized spacial score (nSPS) is 16.9. The van der Waals surface area contributed by atoms with E-state index in [2.05, 4.69) is 38.1 Å². The monoisotopic (exact) mass is 326 g/mol. The van der Waals surface area contributed by atoms with Crippen molar-refractivity contribution in [3.05, 3.63) is 47.5 Å². The molecule has 0 radical (unpaired) electrons. The van der Waals surface area contributed by atoms with Crippen LogP contribution in [0.4, 0.5) is 0 Å². The maximum atomic E-state index is 5.47. The first-order valence-corrected chi connectivity index (χ1v) is 8.46. The summed E-state index contributed by atoms with van der Waals surface area (Å²) in [6.07, 6.45) is 2.06. The van der Waals surface area contributed by atoms with Crippen LogP contribution in [0, 0.1) is 11.8 Å². The van der Waals surface area contributed by atoms with Gasteiger partial charge < -0.3 is 18.9 Å². The van der Waals surface area contributed by atoms with Gasteiger partial charge in [-0.15, -0.1) is 0 Å². The predicted molar refractivity (Wildman–Crippen MR) is 90.9 cm³/mol. The first-order chi connectivity index (χ1) is 11.7. The van der Waals surface area contributed by atoms with Crippen molar-refractivity contribution < 1.29 is 18.9 Å². The summed E-state index contributed by atoms with van der Waals surface area (Å²) in [5, 5.41) is 0. The summed E-state index contributed by atoms with van der Waals surface area (Å²) < 4.78 is 21.7. The summed E-state index contributed by atoms with van der Waals surface area (Å²) in [4.78, 5) is 0. The molecule has 2 aliphatic heterocycles. The fraction of sp³-hybridized carbons (Fsp3) is 0.400.